The normalized spacial score (nSPS) is 14.4. The van der Waals surface area contributed by atoms with Gasteiger partial charge in [0.1, 0.15) is 0 Å². The van der Waals surface area contributed by atoms with E-state index in [1.165, 1.54) is 12.8 Å². The number of urea groups is 1. The Labute approximate surface area is 177 Å². The van der Waals surface area contributed by atoms with Crippen LogP contribution in [0.5, 0.6) is 0 Å². The minimum absolute atomic E-state index is 0.276. The largest absolute Gasteiger partial charge is 0.355 e. The van der Waals surface area contributed by atoms with Gasteiger partial charge in [0, 0.05) is 30.0 Å². The summed E-state index contributed by atoms with van der Waals surface area (Å²) in [6.45, 7) is 6.33. The number of para-hydroxylation sites is 1. The van der Waals surface area contributed by atoms with Crippen LogP contribution in [0.4, 0.5) is 22.0 Å². The molecule has 0 unspecified atom stereocenters. The zero-order valence-electron chi connectivity index (χ0n) is 17.4. The molecule has 2 N–H and O–H groups in total. The third kappa shape index (κ3) is 4.76. The molecule has 1 fully saturated rings. The van der Waals surface area contributed by atoms with Gasteiger partial charge in [0.15, 0.2) is 5.82 Å². The Morgan fingerprint density at radius 1 is 0.967 bits per heavy atom. The van der Waals surface area contributed by atoms with E-state index in [9.17, 15) is 4.79 Å². The predicted octanol–water partition coefficient (Wildman–Crippen LogP) is 5.33. The number of carbonyl (C=O) groups is 1. The maximum atomic E-state index is 12.4. The Balaban J connectivity index is 1.43. The van der Waals surface area contributed by atoms with Crippen molar-refractivity contribution in [3.05, 3.63) is 66.2 Å². The van der Waals surface area contributed by atoms with Crippen molar-refractivity contribution in [1.29, 1.82) is 0 Å². The van der Waals surface area contributed by atoms with Crippen LogP contribution in [0, 0.1) is 12.8 Å². The SMILES string of the molecule is Cc1ccccc1NC(=O)Nc1cccc(-c2ccc(N3CCC(C)CC3)nn2)c1. The van der Waals surface area contributed by atoms with E-state index in [1.54, 1.807) is 0 Å². The highest BCUT2D eigenvalue weighted by Gasteiger charge is 2.17. The van der Waals surface area contributed by atoms with Gasteiger partial charge < -0.3 is 15.5 Å². The molecule has 0 atom stereocenters. The maximum absolute atomic E-state index is 12.4. The lowest BCUT2D eigenvalue weighted by molar-refractivity contribution is 0.262. The van der Waals surface area contributed by atoms with E-state index in [2.05, 4.69) is 32.7 Å². The van der Waals surface area contributed by atoms with E-state index < -0.39 is 0 Å². The molecule has 1 aromatic heterocycles. The number of hydrogen-bond acceptors (Lipinski definition) is 4. The van der Waals surface area contributed by atoms with E-state index in [-0.39, 0.29) is 6.03 Å². The molecule has 4 rings (SSSR count). The number of nitrogens with one attached hydrogen (secondary N) is 2. The lowest BCUT2D eigenvalue weighted by Gasteiger charge is -2.30. The zero-order chi connectivity index (χ0) is 20.9. The third-order valence-corrected chi connectivity index (χ3v) is 5.57. The highest BCUT2D eigenvalue weighted by Crippen LogP contribution is 2.24. The maximum Gasteiger partial charge on any atom is 0.323 e. The highest BCUT2D eigenvalue weighted by atomic mass is 16.2. The van der Waals surface area contributed by atoms with Crippen LogP contribution in [0.1, 0.15) is 25.3 Å². The molecule has 2 heterocycles. The van der Waals surface area contributed by atoms with Gasteiger partial charge in [-0.25, -0.2) is 4.79 Å². The first kappa shape index (κ1) is 19.9. The Kier molecular flexibility index (Phi) is 5.93. The summed E-state index contributed by atoms with van der Waals surface area (Å²) < 4.78 is 0. The molecule has 1 aliphatic heterocycles. The number of piperidine rings is 1. The van der Waals surface area contributed by atoms with Crippen LogP contribution in [0.2, 0.25) is 0 Å². The third-order valence-electron chi connectivity index (χ3n) is 5.57. The molecule has 0 spiro atoms. The van der Waals surface area contributed by atoms with Crippen molar-refractivity contribution in [2.75, 3.05) is 28.6 Å². The Morgan fingerprint density at radius 3 is 2.50 bits per heavy atom. The number of aromatic nitrogens is 2. The van der Waals surface area contributed by atoms with Crippen molar-refractivity contribution < 1.29 is 4.79 Å². The van der Waals surface area contributed by atoms with Crippen LogP contribution in [-0.4, -0.2) is 29.3 Å². The Morgan fingerprint density at radius 2 is 1.77 bits per heavy atom. The van der Waals surface area contributed by atoms with Crippen molar-refractivity contribution in [3.63, 3.8) is 0 Å². The first-order valence-electron chi connectivity index (χ1n) is 10.4. The van der Waals surface area contributed by atoms with Crippen molar-refractivity contribution in [2.45, 2.75) is 26.7 Å². The number of nitrogens with zero attached hydrogens (tertiary/aromatic N) is 3. The molecule has 2 amide bonds. The second kappa shape index (κ2) is 8.95. The van der Waals surface area contributed by atoms with Crippen LogP contribution < -0.4 is 15.5 Å². The summed E-state index contributed by atoms with van der Waals surface area (Å²) in [5.74, 6) is 1.71. The van der Waals surface area contributed by atoms with Crippen LogP contribution >= 0.6 is 0 Å². The number of benzene rings is 2. The second-order valence-electron chi connectivity index (χ2n) is 7.92. The van der Waals surface area contributed by atoms with E-state index >= 15 is 0 Å². The molecule has 1 saturated heterocycles. The molecule has 0 saturated carbocycles. The molecular formula is C24H27N5O. The average molecular weight is 402 g/mol. The smallest absolute Gasteiger partial charge is 0.323 e. The van der Waals surface area contributed by atoms with Gasteiger partial charge in [-0.1, -0.05) is 37.3 Å². The monoisotopic (exact) mass is 401 g/mol. The van der Waals surface area contributed by atoms with Crippen LogP contribution in [-0.2, 0) is 0 Å². The number of carbonyl (C=O) groups excluding carboxylic acids is 1. The number of anilines is 3. The van der Waals surface area contributed by atoms with E-state index in [4.69, 9.17) is 0 Å². The number of aryl methyl sites for hydroxylation is 1. The van der Waals surface area contributed by atoms with Crippen molar-refractivity contribution in [3.8, 4) is 11.3 Å². The van der Waals surface area contributed by atoms with Gasteiger partial charge in [0.2, 0.25) is 0 Å². The molecule has 154 valence electrons. The number of amides is 2. The highest BCUT2D eigenvalue weighted by molar-refractivity contribution is 6.00. The standard InChI is InChI=1S/C24H27N5O/c1-17-12-14-29(15-13-17)23-11-10-22(27-28-23)19-7-5-8-20(16-19)25-24(30)26-21-9-4-3-6-18(21)2/h3-11,16-17H,12-15H2,1-2H3,(H2,25,26,30). The van der Waals surface area contributed by atoms with Gasteiger partial charge in [0.25, 0.3) is 0 Å². The average Bonchev–Trinajstić information content (AvgIpc) is 2.76. The zero-order valence-corrected chi connectivity index (χ0v) is 17.4. The summed E-state index contributed by atoms with van der Waals surface area (Å²) in [5, 5.41) is 14.6. The van der Waals surface area contributed by atoms with E-state index in [0.717, 1.165) is 47.3 Å². The summed E-state index contributed by atoms with van der Waals surface area (Å²) in [4.78, 5) is 14.7. The summed E-state index contributed by atoms with van der Waals surface area (Å²) in [6, 6.07) is 19.1. The lowest BCUT2D eigenvalue weighted by Crippen LogP contribution is -2.33. The number of rotatable bonds is 4. The van der Waals surface area contributed by atoms with Gasteiger partial charge >= 0.3 is 6.03 Å². The van der Waals surface area contributed by atoms with E-state index in [0.29, 0.717) is 5.69 Å². The molecule has 3 aromatic rings. The van der Waals surface area contributed by atoms with Gasteiger partial charge in [0.05, 0.1) is 5.69 Å². The van der Waals surface area contributed by atoms with Gasteiger partial charge in [-0.3, -0.25) is 0 Å². The van der Waals surface area contributed by atoms with Crippen molar-refractivity contribution in [1.82, 2.24) is 10.2 Å². The number of hydrogen-bond donors (Lipinski definition) is 2. The predicted molar refractivity (Wildman–Crippen MR) is 122 cm³/mol. The fourth-order valence-electron chi connectivity index (χ4n) is 3.64. The molecule has 0 radical (unpaired) electrons. The Bertz CT molecular complexity index is 1010. The van der Waals surface area contributed by atoms with E-state index in [1.807, 2.05) is 67.6 Å². The van der Waals surface area contributed by atoms with Crippen LogP contribution in [0.15, 0.2) is 60.7 Å². The Hall–Kier alpha value is -3.41. The van der Waals surface area contributed by atoms with Crippen LogP contribution in [0.25, 0.3) is 11.3 Å². The topological polar surface area (TPSA) is 70.2 Å². The first-order chi connectivity index (χ1) is 14.6. The molecule has 0 bridgehead atoms. The van der Waals surface area contributed by atoms with Crippen LogP contribution in [0.3, 0.4) is 0 Å². The fraction of sp³-hybridized carbons (Fsp3) is 0.292. The van der Waals surface area contributed by atoms with Gasteiger partial charge in [-0.15, -0.1) is 10.2 Å². The summed E-state index contributed by atoms with van der Waals surface area (Å²) >= 11 is 0. The molecule has 2 aromatic carbocycles. The fourth-order valence-corrected chi connectivity index (χ4v) is 3.64. The molecule has 1 aliphatic rings. The summed E-state index contributed by atoms with van der Waals surface area (Å²) in [5.41, 5.74) is 4.20. The molecule has 6 nitrogen and oxygen atoms in total. The summed E-state index contributed by atoms with van der Waals surface area (Å²) in [6.07, 6.45) is 2.39. The minimum Gasteiger partial charge on any atom is -0.355 e. The van der Waals surface area contributed by atoms with Crippen molar-refractivity contribution in [2.24, 2.45) is 5.92 Å². The van der Waals surface area contributed by atoms with Gasteiger partial charge in [-0.2, -0.15) is 0 Å². The molecule has 30 heavy (non-hydrogen) atoms. The molecule has 6 heteroatoms. The summed E-state index contributed by atoms with van der Waals surface area (Å²) in [7, 11) is 0. The second-order valence-corrected chi connectivity index (χ2v) is 7.92. The minimum atomic E-state index is -0.276. The lowest BCUT2D eigenvalue weighted by atomic mass is 9.99. The van der Waals surface area contributed by atoms with Crippen molar-refractivity contribution >= 4 is 23.2 Å². The first-order valence-corrected chi connectivity index (χ1v) is 10.4. The molecular weight excluding hydrogens is 374 g/mol. The molecule has 0 aliphatic carbocycles. The quantitative estimate of drug-likeness (QED) is 0.620. The van der Waals surface area contributed by atoms with Gasteiger partial charge in [-0.05, 0) is 61.6 Å².